The quantitative estimate of drug-likeness (QED) is 0.356. The molecular weight excluding hydrogens is 553 g/mol. The molecular formula is C25H19Cl3F2N2O3S. The minimum absolute atomic E-state index is 0.00700. The molecule has 0 radical (unpaired) electrons. The first-order valence-electron chi connectivity index (χ1n) is 11.0. The zero-order chi connectivity index (χ0) is 25.7. The number of benzene rings is 3. The maximum atomic E-state index is 14.8. The highest BCUT2D eigenvalue weighted by Gasteiger charge is 2.60. The number of fused-ring (bicyclic) bond motifs is 1. The molecule has 1 N–H and O–H groups in total. The standard InChI is InChI=1S/C25H19Cl3F2N2O3S/c26-15-9-14(10-16(27)11-15)24(25(28,29)30)12-22(32-35-24)20-5-6-21(19-4-2-1-3-18(19)20)23(33)31-13-17-7-8-36(17)34/h1-6,9-11,17H,7-8,12-13H2,(H,31,33). The molecule has 5 nitrogen and oxygen atoms in total. The Hall–Kier alpha value is -2.26. The van der Waals surface area contributed by atoms with Gasteiger partial charge < -0.3 is 10.2 Å². The first-order valence-corrected chi connectivity index (χ1v) is 13.6. The van der Waals surface area contributed by atoms with Crippen molar-refractivity contribution in [3.63, 3.8) is 0 Å². The van der Waals surface area contributed by atoms with Crippen LogP contribution in [0.5, 0.6) is 0 Å². The normalized spacial score (nSPS) is 23.6. The van der Waals surface area contributed by atoms with Gasteiger partial charge in [0.1, 0.15) is 0 Å². The Labute approximate surface area is 223 Å². The molecule has 0 spiro atoms. The smallest absolute Gasteiger partial charge is 0.367 e. The van der Waals surface area contributed by atoms with E-state index in [1.807, 2.05) is 0 Å². The second-order valence-corrected chi connectivity index (χ2v) is 11.9. The van der Waals surface area contributed by atoms with E-state index in [4.69, 9.17) is 39.6 Å². The van der Waals surface area contributed by atoms with Gasteiger partial charge in [-0.2, -0.15) is 8.78 Å². The maximum Gasteiger partial charge on any atom is 0.367 e. The summed E-state index contributed by atoms with van der Waals surface area (Å²) in [7, 11) is -0.902. The molecule has 3 aromatic rings. The summed E-state index contributed by atoms with van der Waals surface area (Å²) in [5.41, 5.74) is -1.16. The Bertz CT molecular complexity index is 1410. The molecule has 0 bridgehead atoms. The lowest BCUT2D eigenvalue weighted by molar-refractivity contribution is -0.155. The molecule has 2 aliphatic heterocycles. The van der Waals surface area contributed by atoms with Crippen molar-refractivity contribution in [2.24, 2.45) is 5.16 Å². The van der Waals surface area contributed by atoms with Crippen molar-refractivity contribution in [2.45, 2.75) is 29.1 Å². The Kier molecular flexibility index (Phi) is 6.74. The van der Waals surface area contributed by atoms with Crippen molar-refractivity contribution >= 4 is 68.0 Å². The highest BCUT2D eigenvalue weighted by Crippen LogP contribution is 2.51. The second-order valence-electron chi connectivity index (χ2n) is 8.70. The SMILES string of the molecule is O=C(NCC1CCS1=O)c1ccc(C2=NOC(c3cc(Cl)cc(Cl)c3)(C(F)(F)Cl)C2)c2ccccc12. The van der Waals surface area contributed by atoms with Crippen molar-refractivity contribution in [3.8, 4) is 0 Å². The van der Waals surface area contributed by atoms with Gasteiger partial charge in [-0.25, -0.2) is 0 Å². The van der Waals surface area contributed by atoms with Crippen LogP contribution in [0.25, 0.3) is 10.8 Å². The molecule has 3 atom stereocenters. The van der Waals surface area contributed by atoms with Crippen molar-refractivity contribution in [3.05, 3.63) is 81.3 Å². The minimum Gasteiger partial charge on any atom is -0.376 e. The molecule has 3 unspecified atom stereocenters. The van der Waals surface area contributed by atoms with E-state index >= 15 is 0 Å². The number of halogens is 5. The van der Waals surface area contributed by atoms with Crippen molar-refractivity contribution < 1.29 is 22.6 Å². The number of rotatable bonds is 6. The van der Waals surface area contributed by atoms with Crippen LogP contribution in [0, 0.1) is 0 Å². The molecule has 0 saturated carbocycles. The van der Waals surface area contributed by atoms with Gasteiger partial charge in [0, 0.05) is 56.3 Å². The monoisotopic (exact) mass is 570 g/mol. The van der Waals surface area contributed by atoms with Crippen LogP contribution in [0.3, 0.4) is 0 Å². The predicted molar refractivity (Wildman–Crippen MR) is 139 cm³/mol. The Morgan fingerprint density at radius 2 is 1.83 bits per heavy atom. The Morgan fingerprint density at radius 3 is 2.44 bits per heavy atom. The van der Waals surface area contributed by atoms with Crippen LogP contribution < -0.4 is 5.32 Å². The maximum absolute atomic E-state index is 14.8. The summed E-state index contributed by atoms with van der Waals surface area (Å²) in [6.45, 7) is 0.331. The first-order chi connectivity index (χ1) is 17.1. The lowest BCUT2D eigenvalue weighted by Crippen LogP contribution is -2.42. The van der Waals surface area contributed by atoms with Gasteiger partial charge in [0.05, 0.1) is 11.0 Å². The molecule has 2 aliphatic rings. The van der Waals surface area contributed by atoms with E-state index in [9.17, 15) is 17.8 Å². The van der Waals surface area contributed by atoms with Gasteiger partial charge in [-0.05, 0) is 53.1 Å². The molecule has 1 amide bonds. The number of hydrogen-bond donors (Lipinski definition) is 1. The average molecular weight is 572 g/mol. The van der Waals surface area contributed by atoms with Crippen LogP contribution in [0.2, 0.25) is 10.0 Å². The first kappa shape index (κ1) is 25.4. The Morgan fingerprint density at radius 1 is 1.14 bits per heavy atom. The topological polar surface area (TPSA) is 67.8 Å². The summed E-state index contributed by atoms with van der Waals surface area (Å²) in [5, 5.41) is 4.54. The van der Waals surface area contributed by atoms with E-state index in [1.165, 1.54) is 18.2 Å². The van der Waals surface area contributed by atoms with Gasteiger partial charge in [-0.1, -0.05) is 58.7 Å². The summed E-state index contributed by atoms with van der Waals surface area (Å²) in [6, 6.07) is 14.4. The zero-order valence-electron chi connectivity index (χ0n) is 18.6. The molecule has 0 aromatic heterocycles. The third kappa shape index (κ3) is 4.49. The molecule has 0 aliphatic carbocycles. The number of nitrogens with one attached hydrogen (secondary N) is 1. The largest absolute Gasteiger partial charge is 0.376 e. The summed E-state index contributed by atoms with van der Waals surface area (Å²) in [5.74, 6) is 0.355. The van der Waals surface area contributed by atoms with Crippen molar-refractivity contribution in [1.82, 2.24) is 5.32 Å². The van der Waals surface area contributed by atoms with Gasteiger partial charge in [-0.15, -0.1) is 0 Å². The number of carbonyl (C=O) groups excluding carboxylic acids is 1. The van der Waals surface area contributed by atoms with E-state index in [2.05, 4.69) is 10.5 Å². The average Bonchev–Trinajstić information content (AvgIpc) is 3.28. The van der Waals surface area contributed by atoms with Crippen LogP contribution in [-0.2, 0) is 21.2 Å². The number of hydrogen-bond acceptors (Lipinski definition) is 4. The van der Waals surface area contributed by atoms with Crippen molar-refractivity contribution in [2.75, 3.05) is 12.3 Å². The lowest BCUT2D eigenvalue weighted by atomic mass is 9.85. The fourth-order valence-electron chi connectivity index (χ4n) is 4.46. The van der Waals surface area contributed by atoms with Gasteiger partial charge in [-0.3, -0.25) is 9.00 Å². The van der Waals surface area contributed by atoms with E-state index in [-0.39, 0.29) is 38.9 Å². The number of carbonyl (C=O) groups is 1. The number of alkyl halides is 3. The molecule has 5 rings (SSSR count). The molecule has 1 fully saturated rings. The third-order valence-corrected chi connectivity index (χ3v) is 9.02. The highest BCUT2D eigenvalue weighted by atomic mass is 35.5. The summed E-state index contributed by atoms with van der Waals surface area (Å²) >= 11 is 17.7. The third-order valence-electron chi connectivity index (χ3n) is 6.50. The van der Waals surface area contributed by atoms with Crippen LogP contribution in [0.4, 0.5) is 8.78 Å². The molecule has 2 heterocycles. The molecule has 36 heavy (non-hydrogen) atoms. The zero-order valence-corrected chi connectivity index (χ0v) is 21.7. The fourth-order valence-corrected chi connectivity index (χ4v) is 6.23. The second kappa shape index (κ2) is 9.56. The van der Waals surface area contributed by atoms with Gasteiger partial charge in [0.25, 0.3) is 5.91 Å². The van der Waals surface area contributed by atoms with Crippen LogP contribution >= 0.6 is 34.8 Å². The van der Waals surface area contributed by atoms with Crippen LogP contribution in [0.1, 0.15) is 34.3 Å². The minimum atomic E-state index is -3.84. The van der Waals surface area contributed by atoms with Gasteiger partial charge in [0.15, 0.2) is 0 Å². The summed E-state index contributed by atoms with van der Waals surface area (Å²) < 4.78 is 41.3. The predicted octanol–water partition coefficient (Wildman–Crippen LogP) is 6.25. The van der Waals surface area contributed by atoms with E-state index in [1.54, 1.807) is 36.4 Å². The number of nitrogens with zero attached hydrogens (tertiary/aromatic N) is 1. The van der Waals surface area contributed by atoms with Crippen molar-refractivity contribution in [1.29, 1.82) is 0 Å². The van der Waals surface area contributed by atoms with Gasteiger partial charge in [0.2, 0.25) is 5.60 Å². The molecule has 3 aromatic carbocycles. The molecule has 1 saturated heterocycles. The van der Waals surface area contributed by atoms with Gasteiger partial charge >= 0.3 is 5.38 Å². The highest BCUT2D eigenvalue weighted by molar-refractivity contribution is 7.87. The lowest BCUT2D eigenvalue weighted by Gasteiger charge is -2.31. The molecule has 11 heteroatoms. The van der Waals surface area contributed by atoms with Crippen LogP contribution in [0.15, 0.2) is 59.8 Å². The van der Waals surface area contributed by atoms with E-state index < -0.39 is 21.8 Å². The Balaban J connectivity index is 1.49. The van der Waals surface area contributed by atoms with Crippen LogP contribution in [-0.4, -0.2) is 38.8 Å². The molecule has 188 valence electrons. The number of oxime groups is 1. The summed E-state index contributed by atoms with van der Waals surface area (Å²) in [4.78, 5) is 18.3. The van der Waals surface area contributed by atoms with E-state index in [0.29, 0.717) is 34.2 Å². The van der Waals surface area contributed by atoms with E-state index in [0.717, 1.165) is 6.42 Å². The fraction of sp³-hybridized carbons (Fsp3) is 0.280. The number of amides is 1. The summed E-state index contributed by atoms with van der Waals surface area (Å²) in [6.07, 6.45) is 0.459.